The van der Waals surface area contributed by atoms with E-state index in [2.05, 4.69) is 17.1 Å². The van der Waals surface area contributed by atoms with Crippen LogP contribution in [0.25, 0.3) is 0 Å². The quantitative estimate of drug-likeness (QED) is 0.769. The highest BCUT2D eigenvalue weighted by molar-refractivity contribution is 5.38. The van der Waals surface area contributed by atoms with E-state index in [1.165, 1.54) is 19.4 Å². The molecule has 14 heavy (non-hydrogen) atoms. The van der Waals surface area contributed by atoms with Crippen LogP contribution in [-0.4, -0.2) is 30.2 Å². The van der Waals surface area contributed by atoms with Gasteiger partial charge < -0.3 is 15.2 Å². The minimum atomic E-state index is 0.670. The minimum absolute atomic E-state index is 0.670. The third kappa shape index (κ3) is 2.07. The molecule has 4 heteroatoms. The Morgan fingerprint density at radius 1 is 1.71 bits per heavy atom. The summed E-state index contributed by atoms with van der Waals surface area (Å²) in [7, 11) is 2.16. The fraction of sp³-hybridized carbons (Fsp3) is 0.700. The summed E-state index contributed by atoms with van der Waals surface area (Å²) < 4.78 is 5.11. The van der Waals surface area contributed by atoms with Gasteiger partial charge in [-0.1, -0.05) is 5.16 Å². The number of nitrogens with two attached hydrogens (primary N) is 1. The zero-order valence-electron chi connectivity index (χ0n) is 8.57. The number of aromatic nitrogens is 1. The molecule has 1 unspecified atom stereocenters. The standard InChI is InChI=1S/C10H17N3O/c1-13-4-2-3-8(7-13)5-10-9(11)6-12-14-10/h6,8H,2-5,7,11H2,1H3. The normalized spacial score (nSPS) is 23.9. The molecule has 2 rings (SSSR count). The van der Waals surface area contributed by atoms with Gasteiger partial charge in [-0.3, -0.25) is 0 Å². The molecule has 1 aliphatic rings. The van der Waals surface area contributed by atoms with Crippen LogP contribution in [0.4, 0.5) is 5.69 Å². The van der Waals surface area contributed by atoms with Crippen molar-refractivity contribution in [3.8, 4) is 0 Å². The lowest BCUT2D eigenvalue weighted by Gasteiger charge is -2.28. The summed E-state index contributed by atoms with van der Waals surface area (Å²) in [6.07, 6.45) is 5.05. The molecular weight excluding hydrogens is 178 g/mol. The van der Waals surface area contributed by atoms with Gasteiger partial charge in [-0.15, -0.1) is 0 Å². The van der Waals surface area contributed by atoms with Crippen LogP contribution in [0.1, 0.15) is 18.6 Å². The van der Waals surface area contributed by atoms with E-state index in [9.17, 15) is 0 Å². The maximum Gasteiger partial charge on any atom is 0.159 e. The number of likely N-dealkylation sites (tertiary alicyclic amines) is 1. The molecule has 78 valence electrons. The van der Waals surface area contributed by atoms with Gasteiger partial charge in [0, 0.05) is 13.0 Å². The predicted octanol–water partition coefficient (Wildman–Crippen LogP) is 1.14. The molecule has 0 amide bonds. The maximum atomic E-state index is 5.72. The van der Waals surface area contributed by atoms with Crippen molar-refractivity contribution in [2.45, 2.75) is 19.3 Å². The Hall–Kier alpha value is -1.03. The number of nitrogens with zero attached hydrogens (tertiary/aromatic N) is 2. The zero-order valence-corrected chi connectivity index (χ0v) is 8.57. The van der Waals surface area contributed by atoms with Crippen LogP contribution in [-0.2, 0) is 6.42 Å². The molecule has 0 radical (unpaired) electrons. The Labute approximate surface area is 84.0 Å². The van der Waals surface area contributed by atoms with E-state index in [4.69, 9.17) is 10.3 Å². The third-order valence-corrected chi connectivity index (χ3v) is 2.87. The van der Waals surface area contributed by atoms with Crippen molar-refractivity contribution in [1.29, 1.82) is 0 Å². The fourth-order valence-corrected chi connectivity index (χ4v) is 2.13. The molecule has 0 bridgehead atoms. The largest absolute Gasteiger partial charge is 0.395 e. The van der Waals surface area contributed by atoms with E-state index in [0.29, 0.717) is 11.6 Å². The van der Waals surface area contributed by atoms with Crippen LogP contribution in [0.3, 0.4) is 0 Å². The lowest BCUT2D eigenvalue weighted by molar-refractivity contribution is 0.200. The van der Waals surface area contributed by atoms with E-state index in [1.54, 1.807) is 6.20 Å². The first-order valence-electron chi connectivity index (χ1n) is 5.13. The van der Waals surface area contributed by atoms with Gasteiger partial charge in [0.05, 0.1) is 11.9 Å². The highest BCUT2D eigenvalue weighted by atomic mass is 16.5. The van der Waals surface area contributed by atoms with Crippen LogP contribution in [0, 0.1) is 5.92 Å². The van der Waals surface area contributed by atoms with Crippen LogP contribution < -0.4 is 5.73 Å². The van der Waals surface area contributed by atoms with E-state index in [0.717, 1.165) is 18.7 Å². The van der Waals surface area contributed by atoms with Crippen molar-refractivity contribution in [1.82, 2.24) is 10.1 Å². The van der Waals surface area contributed by atoms with Gasteiger partial charge in [0.15, 0.2) is 5.76 Å². The molecule has 1 saturated heterocycles. The van der Waals surface area contributed by atoms with Gasteiger partial charge in [0.1, 0.15) is 0 Å². The summed E-state index contributed by atoms with van der Waals surface area (Å²) in [5, 5.41) is 3.69. The second kappa shape index (κ2) is 4.00. The van der Waals surface area contributed by atoms with Crippen molar-refractivity contribution >= 4 is 5.69 Å². The van der Waals surface area contributed by atoms with Gasteiger partial charge in [0.25, 0.3) is 0 Å². The second-order valence-corrected chi connectivity index (χ2v) is 4.18. The Balaban J connectivity index is 1.94. The fourth-order valence-electron chi connectivity index (χ4n) is 2.13. The van der Waals surface area contributed by atoms with Gasteiger partial charge in [-0.2, -0.15) is 0 Å². The highest BCUT2D eigenvalue weighted by Gasteiger charge is 2.19. The van der Waals surface area contributed by atoms with E-state index in [-0.39, 0.29) is 0 Å². The van der Waals surface area contributed by atoms with Crippen molar-refractivity contribution < 1.29 is 4.52 Å². The molecular formula is C10H17N3O. The first kappa shape index (κ1) is 9.52. The van der Waals surface area contributed by atoms with Gasteiger partial charge >= 0.3 is 0 Å². The summed E-state index contributed by atoms with van der Waals surface area (Å²) in [4.78, 5) is 2.36. The number of anilines is 1. The monoisotopic (exact) mass is 195 g/mol. The first-order valence-corrected chi connectivity index (χ1v) is 5.13. The predicted molar refractivity (Wildman–Crippen MR) is 54.8 cm³/mol. The van der Waals surface area contributed by atoms with Crippen LogP contribution >= 0.6 is 0 Å². The Morgan fingerprint density at radius 2 is 2.57 bits per heavy atom. The van der Waals surface area contributed by atoms with E-state index < -0.39 is 0 Å². The number of hydrogen-bond acceptors (Lipinski definition) is 4. The smallest absolute Gasteiger partial charge is 0.159 e. The summed E-state index contributed by atoms with van der Waals surface area (Å²) in [5.74, 6) is 1.52. The summed E-state index contributed by atoms with van der Waals surface area (Å²) in [6, 6.07) is 0. The number of hydrogen-bond donors (Lipinski definition) is 1. The van der Waals surface area contributed by atoms with Crippen molar-refractivity contribution in [2.75, 3.05) is 25.9 Å². The van der Waals surface area contributed by atoms with Crippen molar-refractivity contribution in [3.05, 3.63) is 12.0 Å². The Kier molecular flexibility index (Phi) is 2.72. The van der Waals surface area contributed by atoms with Gasteiger partial charge in [-0.25, -0.2) is 0 Å². The first-order chi connectivity index (χ1) is 6.75. The molecule has 2 heterocycles. The summed E-state index contributed by atoms with van der Waals surface area (Å²) >= 11 is 0. The molecule has 0 spiro atoms. The average molecular weight is 195 g/mol. The molecule has 2 N–H and O–H groups in total. The van der Waals surface area contributed by atoms with E-state index >= 15 is 0 Å². The molecule has 1 aliphatic heterocycles. The highest BCUT2D eigenvalue weighted by Crippen LogP contribution is 2.22. The number of nitrogen functional groups attached to an aromatic ring is 1. The number of rotatable bonds is 2. The van der Waals surface area contributed by atoms with Crippen molar-refractivity contribution in [3.63, 3.8) is 0 Å². The topological polar surface area (TPSA) is 55.3 Å². The van der Waals surface area contributed by atoms with Crippen molar-refractivity contribution in [2.24, 2.45) is 5.92 Å². The van der Waals surface area contributed by atoms with Gasteiger partial charge in [0.2, 0.25) is 0 Å². The Morgan fingerprint density at radius 3 is 3.21 bits per heavy atom. The van der Waals surface area contributed by atoms with Crippen LogP contribution in [0.15, 0.2) is 10.7 Å². The zero-order chi connectivity index (χ0) is 9.97. The Bertz CT molecular complexity index is 297. The molecule has 0 saturated carbocycles. The lowest BCUT2D eigenvalue weighted by atomic mass is 9.94. The molecule has 1 aromatic heterocycles. The second-order valence-electron chi connectivity index (χ2n) is 4.18. The summed E-state index contributed by atoms with van der Waals surface area (Å²) in [5.41, 5.74) is 6.42. The minimum Gasteiger partial charge on any atom is -0.395 e. The summed E-state index contributed by atoms with van der Waals surface area (Å²) in [6.45, 7) is 2.35. The van der Waals surface area contributed by atoms with Crippen LogP contribution in [0.5, 0.6) is 0 Å². The average Bonchev–Trinajstić information content (AvgIpc) is 2.52. The molecule has 1 fully saturated rings. The molecule has 0 aliphatic carbocycles. The maximum absolute atomic E-state index is 5.72. The lowest BCUT2D eigenvalue weighted by Crippen LogP contribution is -2.33. The third-order valence-electron chi connectivity index (χ3n) is 2.87. The van der Waals surface area contributed by atoms with Crippen LogP contribution in [0.2, 0.25) is 0 Å². The SMILES string of the molecule is CN1CCCC(Cc2oncc2N)C1. The van der Waals surface area contributed by atoms with E-state index in [1.807, 2.05) is 0 Å². The van der Waals surface area contributed by atoms with Gasteiger partial charge in [-0.05, 0) is 32.4 Å². The molecule has 1 atom stereocenters. The molecule has 4 nitrogen and oxygen atoms in total. The molecule has 1 aromatic rings. The number of piperidine rings is 1. The molecule has 0 aromatic carbocycles.